The molecule has 3 aromatic carbocycles. The van der Waals surface area contributed by atoms with Gasteiger partial charge in [0.1, 0.15) is 17.5 Å². The Hall–Kier alpha value is -3.84. The third-order valence-electron chi connectivity index (χ3n) is 9.53. The van der Waals surface area contributed by atoms with Crippen LogP contribution in [0.15, 0.2) is 72.8 Å². The van der Waals surface area contributed by atoms with Crippen LogP contribution in [0.3, 0.4) is 0 Å². The van der Waals surface area contributed by atoms with Crippen molar-refractivity contribution in [1.82, 2.24) is 10.2 Å². The maximum absolute atomic E-state index is 14.5. The van der Waals surface area contributed by atoms with Gasteiger partial charge < -0.3 is 24.8 Å². The molecule has 0 radical (unpaired) electrons. The Morgan fingerprint density at radius 2 is 1.67 bits per heavy atom. The molecule has 0 saturated carbocycles. The number of ether oxygens (including phenoxy) is 2. The number of nitrogens with one attached hydrogen (secondary N) is 1. The van der Waals surface area contributed by atoms with E-state index in [1.54, 1.807) is 12.0 Å². The minimum absolute atomic E-state index is 0.0437. The number of carbonyl (C=O) groups is 2. The molecular formula is C38H48N2O5. The van der Waals surface area contributed by atoms with Gasteiger partial charge in [0.05, 0.1) is 19.8 Å². The number of nitrogens with zero attached hydrogens (tertiary/aromatic N) is 1. The Kier molecular flexibility index (Phi) is 9.31. The van der Waals surface area contributed by atoms with E-state index < -0.39 is 23.5 Å². The summed E-state index contributed by atoms with van der Waals surface area (Å²) in [5.74, 6) is 0.0339. The number of carbonyl (C=O) groups excluding carboxylic acids is 1. The van der Waals surface area contributed by atoms with Gasteiger partial charge in [-0.25, -0.2) is 4.79 Å². The predicted molar refractivity (Wildman–Crippen MR) is 177 cm³/mol. The van der Waals surface area contributed by atoms with E-state index in [4.69, 9.17) is 9.47 Å². The first-order valence-electron chi connectivity index (χ1n) is 16.0. The molecule has 1 amide bonds. The van der Waals surface area contributed by atoms with Gasteiger partial charge in [0, 0.05) is 30.5 Å². The number of carboxylic acids is 1. The molecule has 45 heavy (non-hydrogen) atoms. The second-order valence-electron chi connectivity index (χ2n) is 14.6. The quantitative estimate of drug-likeness (QED) is 0.282. The van der Waals surface area contributed by atoms with Gasteiger partial charge in [-0.3, -0.25) is 4.79 Å². The van der Waals surface area contributed by atoms with E-state index in [1.807, 2.05) is 60.7 Å². The number of benzene rings is 3. The van der Waals surface area contributed by atoms with Crippen LogP contribution in [0.4, 0.5) is 0 Å². The lowest BCUT2D eigenvalue weighted by Gasteiger charge is -2.35. The highest BCUT2D eigenvalue weighted by molar-refractivity contribution is 5.86. The molecule has 0 aliphatic carbocycles. The van der Waals surface area contributed by atoms with E-state index in [1.165, 1.54) is 5.56 Å². The summed E-state index contributed by atoms with van der Waals surface area (Å²) in [4.78, 5) is 29.5. The first-order chi connectivity index (χ1) is 21.3. The topological polar surface area (TPSA) is 88.1 Å². The van der Waals surface area contributed by atoms with Crippen molar-refractivity contribution >= 4 is 11.9 Å². The van der Waals surface area contributed by atoms with Gasteiger partial charge in [0.15, 0.2) is 0 Å². The van der Waals surface area contributed by atoms with Gasteiger partial charge in [-0.1, -0.05) is 102 Å². The van der Waals surface area contributed by atoms with Gasteiger partial charge >= 0.3 is 5.97 Å². The molecule has 3 aromatic rings. The van der Waals surface area contributed by atoms with Crippen LogP contribution in [0.2, 0.25) is 0 Å². The Balaban J connectivity index is 1.57. The monoisotopic (exact) mass is 612 g/mol. The van der Waals surface area contributed by atoms with Crippen LogP contribution in [0.1, 0.15) is 88.6 Å². The third-order valence-corrected chi connectivity index (χ3v) is 9.53. The highest BCUT2D eigenvalue weighted by atomic mass is 16.5. The molecule has 0 aromatic heterocycles. The molecule has 1 saturated heterocycles. The Morgan fingerprint density at radius 1 is 0.978 bits per heavy atom. The Morgan fingerprint density at radius 3 is 2.31 bits per heavy atom. The van der Waals surface area contributed by atoms with Crippen LogP contribution in [-0.4, -0.2) is 47.7 Å². The summed E-state index contributed by atoms with van der Waals surface area (Å²) < 4.78 is 11.6. The van der Waals surface area contributed by atoms with E-state index in [-0.39, 0.29) is 35.6 Å². The lowest BCUT2D eigenvalue weighted by atomic mass is 9.72. The van der Waals surface area contributed by atoms with Crippen molar-refractivity contribution in [2.24, 2.45) is 11.3 Å². The summed E-state index contributed by atoms with van der Waals surface area (Å²) in [5.41, 5.74) is 3.65. The number of likely N-dealkylation sites (tertiary alicyclic amines) is 1. The second-order valence-corrected chi connectivity index (χ2v) is 14.6. The molecule has 2 aliphatic heterocycles. The van der Waals surface area contributed by atoms with Crippen LogP contribution in [0, 0.1) is 11.3 Å². The number of aliphatic carboxylic acids is 1. The van der Waals surface area contributed by atoms with Crippen LogP contribution in [-0.2, 0) is 21.5 Å². The van der Waals surface area contributed by atoms with Crippen LogP contribution < -0.4 is 14.8 Å². The fourth-order valence-electron chi connectivity index (χ4n) is 7.32. The first-order valence-corrected chi connectivity index (χ1v) is 16.0. The standard InChI is InChI=1S/C38H48N2O5/c1-37(2,3)27-17-18-29(44-7)26(21-27)23-39-33-32(38(4,5)6)35(36(42)43)40(34(33)24-13-9-8-10-14-24)31(41)22-25-19-20-45-30-16-12-11-15-28(25)30/h8-18,21,25,32-35,39H,19-20,22-23H2,1-7H3,(H,42,43)/t25?,32-,33-,34-,35-/m0/s1. The summed E-state index contributed by atoms with van der Waals surface area (Å²) >= 11 is 0. The minimum Gasteiger partial charge on any atom is -0.496 e. The molecule has 240 valence electrons. The number of carboxylic acid groups (broad SMARTS) is 1. The van der Waals surface area contributed by atoms with Gasteiger partial charge in [0.2, 0.25) is 5.91 Å². The molecule has 2 aliphatic rings. The molecular weight excluding hydrogens is 564 g/mol. The van der Waals surface area contributed by atoms with Gasteiger partial charge in [-0.05, 0) is 52.0 Å². The number of rotatable bonds is 8. The van der Waals surface area contributed by atoms with Crippen molar-refractivity contribution < 1.29 is 24.2 Å². The van der Waals surface area contributed by atoms with Crippen molar-refractivity contribution in [1.29, 1.82) is 0 Å². The first kappa shape index (κ1) is 32.6. The largest absolute Gasteiger partial charge is 0.496 e. The fourth-order valence-corrected chi connectivity index (χ4v) is 7.32. The molecule has 2 N–H and O–H groups in total. The van der Waals surface area contributed by atoms with Crippen molar-refractivity contribution in [3.63, 3.8) is 0 Å². The van der Waals surface area contributed by atoms with Gasteiger partial charge in [-0.15, -0.1) is 0 Å². The van der Waals surface area contributed by atoms with E-state index in [0.29, 0.717) is 19.6 Å². The molecule has 1 fully saturated rings. The molecule has 5 atom stereocenters. The zero-order valence-electron chi connectivity index (χ0n) is 27.7. The molecule has 0 bridgehead atoms. The average molecular weight is 613 g/mol. The zero-order chi connectivity index (χ0) is 32.5. The van der Waals surface area contributed by atoms with Crippen molar-refractivity contribution in [2.45, 2.75) is 90.4 Å². The highest BCUT2D eigenvalue weighted by Crippen LogP contribution is 2.49. The fraction of sp³-hybridized carbons (Fsp3) is 0.474. The summed E-state index contributed by atoms with van der Waals surface area (Å²) in [7, 11) is 1.67. The Bertz CT molecular complexity index is 1510. The van der Waals surface area contributed by atoms with Crippen molar-refractivity contribution in [3.8, 4) is 11.5 Å². The molecule has 1 unspecified atom stereocenters. The molecule has 5 rings (SSSR count). The SMILES string of the molecule is COc1ccc(C(C)(C)C)cc1CN[C@H]1[C@H](C(C)(C)C)[C@@H](C(=O)O)N(C(=O)CC2CCOc3ccccc32)[C@H]1c1ccccc1. The normalized spacial score (nSPS) is 23.3. The summed E-state index contributed by atoms with van der Waals surface area (Å²) in [6.45, 7) is 13.8. The second kappa shape index (κ2) is 12.9. The smallest absolute Gasteiger partial charge is 0.326 e. The van der Waals surface area contributed by atoms with Crippen molar-refractivity contribution in [3.05, 3.63) is 95.1 Å². The molecule has 7 nitrogen and oxygen atoms in total. The number of amides is 1. The van der Waals surface area contributed by atoms with Gasteiger partial charge in [0.25, 0.3) is 0 Å². The third kappa shape index (κ3) is 6.74. The lowest BCUT2D eigenvalue weighted by molar-refractivity contribution is -0.152. The number of methoxy groups -OCH3 is 1. The van der Waals surface area contributed by atoms with Crippen LogP contribution in [0.25, 0.3) is 0 Å². The molecule has 2 heterocycles. The summed E-state index contributed by atoms with van der Waals surface area (Å²) in [6.07, 6.45) is 0.928. The van der Waals surface area contributed by atoms with Crippen molar-refractivity contribution in [2.75, 3.05) is 13.7 Å². The lowest BCUT2D eigenvalue weighted by Crippen LogP contribution is -2.48. The van der Waals surface area contributed by atoms with Gasteiger partial charge in [-0.2, -0.15) is 0 Å². The minimum atomic E-state index is -1.00. The number of fused-ring (bicyclic) bond motifs is 1. The highest BCUT2D eigenvalue weighted by Gasteiger charge is 2.57. The molecule has 7 heteroatoms. The summed E-state index contributed by atoms with van der Waals surface area (Å²) in [5, 5.41) is 14.6. The van der Waals surface area contributed by atoms with Crippen LogP contribution in [0.5, 0.6) is 11.5 Å². The van der Waals surface area contributed by atoms with E-state index >= 15 is 0 Å². The molecule has 0 spiro atoms. The van der Waals surface area contributed by atoms with Crippen LogP contribution >= 0.6 is 0 Å². The zero-order valence-corrected chi connectivity index (χ0v) is 27.7. The van der Waals surface area contributed by atoms with E-state index in [2.05, 4.69) is 59.0 Å². The maximum Gasteiger partial charge on any atom is 0.326 e. The van der Waals surface area contributed by atoms with E-state index in [9.17, 15) is 14.7 Å². The predicted octanol–water partition coefficient (Wildman–Crippen LogP) is 7.11. The number of hydrogen-bond acceptors (Lipinski definition) is 5. The Labute approximate surface area is 267 Å². The maximum atomic E-state index is 14.5. The average Bonchev–Trinajstić information content (AvgIpc) is 3.36. The number of hydrogen-bond donors (Lipinski definition) is 2. The summed E-state index contributed by atoms with van der Waals surface area (Å²) in [6, 6.07) is 22.2. The van der Waals surface area contributed by atoms with E-state index in [0.717, 1.165) is 28.2 Å². The number of para-hydroxylation sites is 1.